The van der Waals surface area contributed by atoms with Crippen molar-refractivity contribution < 1.29 is 48.7 Å². The largest absolute Gasteiger partial charge is 0.502 e. The summed E-state index contributed by atoms with van der Waals surface area (Å²) in [4.78, 5) is 37.5. The number of carbonyl (C=O) groups is 3. The highest BCUT2D eigenvalue weighted by molar-refractivity contribution is 6.39. The first-order valence-electron chi connectivity index (χ1n) is 14.0. The Balaban J connectivity index is 2.09. The predicted octanol–water partition coefficient (Wildman–Crippen LogP) is -0.992. The van der Waals surface area contributed by atoms with E-state index in [0.717, 1.165) is 19.2 Å². The van der Waals surface area contributed by atoms with Crippen LogP contribution in [-0.2, 0) is 36.1 Å². The number of amides is 2. The number of nitrogens with zero attached hydrogens (tertiary/aromatic N) is 2. The van der Waals surface area contributed by atoms with Gasteiger partial charge in [-0.2, -0.15) is 0 Å². The molecule has 4 atom stereocenters. The van der Waals surface area contributed by atoms with Crippen molar-refractivity contribution in [1.29, 1.82) is 0 Å². The zero-order valence-electron chi connectivity index (χ0n) is 25.4. The van der Waals surface area contributed by atoms with E-state index >= 15 is 4.39 Å². The minimum atomic E-state index is -3.00. The van der Waals surface area contributed by atoms with Gasteiger partial charge in [0.15, 0.2) is 7.85 Å². The molecule has 0 saturated carbocycles. The monoisotopic (exact) mass is 621 g/mol. The second-order valence-electron chi connectivity index (χ2n) is 11.1. The molecule has 1 aliphatic rings. The summed E-state index contributed by atoms with van der Waals surface area (Å²) in [6, 6.07) is 7.66. The molecule has 0 aliphatic carbocycles. The topological polar surface area (TPSA) is 169 Å². The van der Waals surface area contributed by atoms with Crippen LogP contribution in [0.5, 0.6) is 5.75 Å². The summed E-state index contributed by atoms with van der Waals surface area (Å²) in [6.07, 6.45) is -1.51. The van der Waals surface area contributed by atoms with Crippen LogP contribution in [0.1, 0.15) is 48.9 Å². The number of ether oxygens (including phenoxy) is 2. The van der Waals surface area contributed by atoms with E-state index in [2.05, 4.69) is 5.32 Å². The van der Waals surface area contributed by atoms with Gasteiger partial charge in [0.2, 0.25) is 12.1 Å². The lowest BCUT2D eigenvalue weighted by Crippen LogP contribution is -2.65. The SMILES string of the molecule is [B]C([B])(Oc1cccc(C)c1C([B])(O)N(C=O)C(O)(CCC=O)C(=O)NC)c1cccc(C(O)(O)N2CC(C)OC(C)C2)c1F. The molecule has 0 bridgehead atoms. The summed E-state index contributed by atoms with van der Waals surface area (Å²) in [5.74, 6) is -5.58. The zero-order valence-corrected chi connectivity index (χ0v) is 25.4. The van der Waals surface area contributed by atoms with Crippen LogP contribution in [0.2, 0.25) is 0 Å². The van der Waals surface area contributed by atoms with E-state index in [1.807, 2.05) is 0 Å². The maximum absolute atomic E-state index is 16.1. The number of aldehydes is 1. The zero-order chi connectivity index (χ0) is 34.0. The quantitative estimate of drug-likeness (QED) is 0.106. The second-order valence-corrected chi connectivity index (χ2v) is 11.1. The summed E-state index contributed by atoms with van der Waals surface area (Å²) in [6.45, 7) is 5.03. The molecule has 2 amide bonds. The Kier molecular flexibility index (Phi) is 11.0. The normalized spacial score (nSPS) is 20.4. The Morgan fingerprint density at radius 1 is 1.09 bits per heavy atom. The molecule has 5 N–H and O–H groups in total. The van der Waals surface area contributed by atoms with Crippen molar-refractivity contribution in [3.8, 4) is 5.75 Å². The van der Waals surface area contributed by atoms with Crippen LogP contribution < -0.4 is 10.1 Å². The molecule has 0 spiro atoms. The van der Waals surface area contributed by atoms with E-state index in [4.69, 9.17) is 33.0 Å². The lowest BCUT2D eigenvalue weighted by atomic mass is 9.60. The van der Waals surface area contributed by atoms with Crippen molar-refractivity contribution in [3.63, 3.8) is 0 Å². The summed E-state index contributed by atoms with van der Waals surface area (Å²) in [5, 5.41) is 44.6. The molecule has 3 rings (SSSR count). The van der Waals surface area contributed by atoms with Gasteiger partial charge in [0.25, 0.3) is 11.8 Å². The van der Waals surface area contributed by atoms with Gasteiger partial charge in [0.05, 0.1) is 23.2 Å². The smallest absolute Gasteiger partial charge is 0.273 e. The molecule has 1 heterocycles. The highest BCUT2D eigenvalue weighted by atomic mass is 19.1. The fourth-order valence-corrected chi connectivity index (χ4v) is 5.50. The van der Waals surface area contributed by atoms with Crippen molar-refractivity contribution in [2.75, 3.05) is 20.1 Å². The summed E-state index contributed by atoms with van der Waals surface area (Å²) < 4.78 is 27.5. The Hall–Kier alpha value is -3.27. The number of benzene rings is 2. The average Bonchev–Trinajstić information content (AvgIpc) is 2.94. The van der Waals surface area contributed by atoms with Gasteiger partial charge in [-0.15, -0.1) is 0 Å². The maximum atomic E-state index is 16.1. The number of halogens is 1. The van der Waals surface area contributed by atoms with Crippen LogP contribution in [0, 0.1) is 12.7 Å². The van der Waals surface area contributed by atoms with Crippen molar-refractivity contribution in [2.24, 2.45) is 0 Å². The molecule has 1 aliphatic heterocycles. The molecule has 12 nitrogen and oxygen atoms in total. The Morgan fingerprint density at radius 2 is 1.67 bits per heavy atom. The molecule has 236 valence electrons. The van der Waals surface area contributed by atoms with Gasteiger partial charge in [-0.25, -0.2) is 9.29 Å². The first kappa shape index (κ1) is 36.2. The number of carbonyl (C=O) groups excluding carboxylic acids is 3. The number of aliphatic hydroxyl groups is 4. The molecule has 0 aromatic heterocycles. The number of aryl methyl sites for hydroxylation is 1. The van der Waals surface area contributed by atoms with Crippen LogP contribution in [-0.4, -0.2) is 110 Å². The fraction of sp³-hybridized carbons (Fsp3) is 0.483. The first-order valence-corrected chi connectivity index (χ1v) is 14.0. The summed E-state index contributed by atoms with van der Waals surface area (Å²) in [7, 11) is 19.9. The minimum absolute atomic E-state index is 0.0676. The Morgan fingerprint density at radius 3 is 2.22 bits per heavy atom. The number of rotatable bonds is 13. The predicted molar refractivity (Wildman–Crippen MR) is 161 cm³/mol. The highest BCUT2D eigenvalue weighted by Crippen LogP contribution is 2.40. The third kappa shape index (κ3) is 7.11. The number of hydrogen-bond donors (Lipinski definition) is 5. The number of nitrogens with one attached hydrogen (secondary N) is 1. The van der Waals surface area contributed by atoms with Gasteiger partial charge >= 0.3 is 0 Å². The standard InChI is InChI=1S/C29H35B3FN3O9/c1-17-8-5-11-22(23(17)28(32,41)36(16-38)26(40,12-7-13-37)25(39)34-4)45-27(30,31)20-9-6-10-21(24(20)33)29(42,43)35-14-18(2)44-19(3)15-35/h5-6,8-11,13,16,18-19,40-43H,7,12,14-15H2,1-4H3,(H,34,39). The van der Waals surface area contributed by atoms with Crippen molar-refractivity contribution in [1.82, 2.24) is 15.1 Å². The first-order chi connectivity index (χ1) is 20.9. The maximum Gasteiger partial charge on any atom is 0.273 e. The van der Waals surface area contributed by atoms with Crippen molar-refractivity contribution in [3.05, 3.63) is 64.5 Å². The van der Waals surface area contributed by atoms with Gasteiger partial charge in [-0.05, 0) is 38.5 Å². The van der Waals surface area contributed by atoms with E-state index in [1.54, 1.807) is 13.8 Å². The molecule has 2 aromatic rings. The number of hydrogen-bond acceptors (Lipinski definition) is 10. The molecule has 16 heteroatoms. The van der Waals surface area contributed by atoms with Crippen LogP contribution >= 0.6 is 0 Å². The molecule has 6 radical (unpaired) electrons. The van der Waals surface area contributed by atoms with Crippen LogP contribution in [0.25, 0.3) is 0 Å². The summed E-state index contributed by atoms with van der Waals surface area (Å²) >= 11 is 0. The third-order valence-corrected chi connectivity index (χ3v) is 7.60. The van der Waals surface area contributed by atoms with Gasteiger partial charge in [-0.3, -0.25) is 14.5 Å². The molecular formula is C29H35B3FN3O9. The Labute approximate surface area is 264 Å². The highest BCUT2D eigenvalue weighted by Gasteiger charge is 2.50. The number of likely N-dealkylation sites (N-methyl/N-ethyl adjacent to an activating group) is 1. The van der Waals surface area contributed by atoms with Crippen LogP contribution in [0.15, 0.2) is 36.4 Å². The molecule has 4 unspecified atom stereocenters. The molecule has 2 aromatic carbocycles. The lowest BCUT2D eigenvalue weighted by Gasteiger charge is -2.46. The number of morpholine rings is 1. The van der Waals surface area contributed by atoms with Gasteiger partial charge < -0.3 is 40.0 Å². The van der Waals surface area contributed by atoms with E-state index in [1.165, 1.54) is 36.1 Å². The molecule has 1 fully saturated rings. The molecule has 1 saturated heterocycles. The third-order valence-electron chi connectivity index (χ3n) is 7.60. The van der Waals surface area contributed by atoms with E-state index < -0.39 is 69.7 Å². The van der Waals surface area contributed by atoms with Gasteiger partial charge in [-0.1, -0.05) is 24.3 Å². The van der Waals surface area contributed by atoms with E-state index in [0.29, 0.717) is 6.29 Å². The van der Waals surface area contributed by atoms with Crippen molar-refractivity contribution in [2.45, 2.75) is 68.5 Å². The van der Waals surface area contributed by atoms with Gasteiger partial charge in [0, 0.05) is 44.1 Å². The van der Waals surface area contributed by atoms with E-state index in [-0.39, 0.29) is 42.2 Å². The minimum Gasteiger partial charge on any atom is -0.502 e. The Bertz CT molecular complexity index is 1400. The summed E-state index contributed by atoms with van der Waals surface area (Å²) in [5.41, 5.74) is -7.18. The molecule has 45 heavy (non-hydrogen) atoms. The fourth-order valence-electron chi connectivity index (χ4n) is 5.50. The average molecular weight is 621 g/mol. The van der Waals surface area contributed by atoms with Crippen molar-refractivity contribution >= 4 is 42.1 Å². The van der Waals surface area contributed by atoms with E-state index in [9.17, 15) is 34.8 Å². The van der Waals surface area contributed by atoms with Crippen LogP contribution in [0.4, 0.5) is 4.39 Å². The second kappa shape index (κ2) is 13.6. The lowest BCUT2D eigenvalue weighted by molar-refractivity contribution is -0.300. The van der Waals surface area contributed by atoms with Gasteiger partial charge in [0.1, 0.15) is 39.2 Å². The van der Waals surface area contributed by atoms with Crippen LogP contribution in [0.3, 0.4) is 0 Å². The molecular weight excluding hydrogens is 586 g/mol.